The molecule has 0 saturated carbocycles. The zero-order valence-corrected chi connectivity index (χ0v) is 15.2. The third-order valence-corrected chi connectivity index (χ3v) is 4.32. The van der Waals surface area contributed by atoms with E-state index in [0.29, 0.717) is 17.9 Å². The Kier molecular flexibility index (Phi) is 5.49. The second-order valence-electron chi connectivity index (χ2n) is 6.63. The van der Waals surface area contributed by atoms with Crippen molar-refractivity contribution in [3.8, 4) is 11.1 Å². The first kappa shape index (κ1) is 17.9. The molecule has 1 heterocycles. The number of nitrogens with zero attached hydrogens (tertiary/aromatic N) is 2. The Bertz CT molecular complexity index is 921. The van der Waals surface area contributed by atoms with Crippen LogP contribution >= 0.6 is 0 Å². The van der Waals surface area contributed by atoms with Gasteiger partial charge in [-0.25, -0.2) is 4.98 Å². The van der Waals surface area contributed by atoms with E-state index in [9.17, 15) is 4.79 Å². The van der Waals surface area contributed by atoms with E-state index in [1.54, 1.807) is 6.20 Å². The van der Waals surface area contributed by atoms with Gasteiger partial charge >= 0.3 is 0 Å². The lowest BCUT2D eigenvalue weighted by atomic mass is 10.00. The molecule has 3 N–H and O–H groups in total. The van der Waals surface area contributed by atoms with Crippen LogP contribution in [0.1, 0.15) is 16.8 Å². The number of benzene rings is 2. The number of carbonyl (C=O) groups is 1. The first-order chi connectivity index (χ1) is 12.5. The number of hydrogen-bond donors (Lipinski definition) is 2. The standard InChI is InChI=1S/C21H24N4O/c1-25(2)12-4-10-24-21(26)18-6-3-5-16(13-18)17-8-7-15-9-11-23-20(22)19(15)14-17/h3,5-9,11,13-14H,4,10,12H2,1-2H3,(H2,22,23)(H,24,26). The third kappa shape index (κ3) is 4.18. The summed E-state index contributed by atoms with van der Waals surface area (Å²) >= 11 is 0. The van der Waals surface area contributed by atoms with Crippen LogP contribution < -0.4 is 11.1 Å². The fraction of sp³-hybridized carbons (Fsp3) is 0.238. The van der Waals surface area contributed by atoms with Crippen LogP contribution in [0.25, 0.3) is 21.9 Å². The van der Waals surface area contributed by atoms with Gasteiger partial charge in [-0.1, -0.05) is 24.3 Å². The summed E-state index contributed by atoms with van der Waals surface area (Å²) in [6.07, 6.45) is 2.63. The maximum absolute atomic E-state index is 12.4. The number of aromatic nitrogens is 1. The molecule has 0 aliphatic heterocycles. The maximum atomic E-state index is 12.4. The van der Waals surface area contributed by atoms with Gasteiger partial charge in [0.15, 0.2) is 0 Å². The SMILES string of the molecule is CN(C)CCCNC(=O)c1cccc(-c2ccc3ccnc(N)c3c2)c1. The highest BCUT2D eigenvalue weighted by atomic mass is 16.1. The van der Waals surface area contributed by atoms with Crippen LogP contribution in [0.3, 0.4) is 0 Å². The summed E-state index contributed by atoms with van der Waals surface area (Å²) in [5.74, 6) is 0.465. The molecule has 0 radical (unpaired) electrons. The van der Waals surface area contributed by atoms with Crippen molar-refractivity contribution in [2.24, 2.45) is 0 Å². The molecule has 134 valence electrons. The van der Waals surface area contributed by atoms with Crippen LogP contribution in [0.2, 0.25) is 0 Å². The number of nitrogen functional groups attached to an aromatic ring is 1. The van der Waals surface area contributed by atoms with E-state index in [4.69, 9.17) is 5.73 Å². The second-order valence-corrected chi connectivity index (χ2v) is 6.63. The quantitative estimate of drug-likeness (QED) is 0.671. The minimum atomic E-state index is -0.0485. The van der Waals surface area contributed by atoms with Gasteiger partial charge in [0, 0.05) is 23.7 Å². The first-order valence-corrected chi connectivity index (χ1v) is 8.72. The Morgan fingerprint density at radius 3 is 2.73 bits per heavy atom. The molecule has 0 aliphatic carbocycles. The van der Waals surface area contributed by atoms with E-state index in [2.05, 4.69) is 15.2 Å². The van der Waals surface area contributed by atoms with Crippen molar-refractivity contribution < 1.29 is 4.79 Å². The zero-order valence-electron chi connectivity index (χ0n) is 15.2. The largest absolute Gasteiger partial charge is 0.383 e. The monoisotopic (exact) mass is 348 g/mol. The fourth-order valence-corrected chi connectivity index (χ4v) is 2.91. The van der Waals surface area contributed by atoms with E-state index >= 15 is 0 Å². The lowest BCUT2D eigenvalue weighted by molar-refractivity contribution is 0.0952. The Hall–Kier alpha value is -2.92. The second kappa shape index (κ2) is 7.97. The summed E-state index contributed by atoms with van der Waals surface area (Å²) in [5, 5.41) is 4.95. The molecule has 3 aromatic rings. The number of nitrogens with one attached hydrogen (secondary N) is 1. The minimum absolute atomic E-state index is 0.0485. The van der Waals surface area contributed by atoms with Crippen molar-refractivity contribution in [2.75, 3.05) is 32.9 Å². The smallest absolute Gasteiger partial charge is 0.251 e. The predicted molar refractivity (Wildman–Crippen MR) is 107 cm³/mol. The van der Waals surface area contributed by atoms with Gasteiger partial charge in [-0.3, -0.25) is 4.79 Å². The Morgan fingerprint density at radius 2 is 1.92 bits per heavy atom. The van der Waals surface area contributed by atoms with Crippen molar-refractivity contribution in [3.05, 3.63) is 60.3 Å². The van der Waals surface area contributed by atoms with Gasteiger partial charge in [-0.05, 0) is 67.8 Å². The van der Waals surface area contributed by atoms with Gasteiger partial charge in [0.2, 0.25) is 0 Å². The zero-order chi connectivity index (χ0) is 18.5. The van der Waals surface area contributed by atoms with Crippen LogP contribution in [-0.2, 0) is 0 Å². The number of hydrogen-bond acceptors (Lipinski definition) is 4. The van der Waals surface area contributed by atoms with Crippen molar-refractivity contribution in [3.63, 3.8) is 0 Å². The predicted octanol–water partition coefficient (Wildman–Crippen LogP) is 3.17. The van der Waals surface area contributed by atoms with Gasteiger partial charge in [0.1, 0.15) is 5.82 Å². The van der Waals surface area contributed by atoms with Gasteiger partial charge < -0.3 is 16.0 Å². The lowest BCUT2D eigenvalue weighted by Gasteiger charge is -2.11. The van der Waals surface area contributed by atoms with Gasteiger partial charge in [-0.2, -0.15) is 0 Å². The molecular weight excluding hydrogens is 324 g/mol. The Labute approximate surface area is 153 Å². The van der Waals surface area contributed by atoms with E-state index in [0.717, 1.165) is 34.9 Å². The number of amides is 1. The number of anilines is 1. The van der Waals surface area contributed by atoms with Crippen LogP contribution in [0.4, 0.5) is 5.82 Å². The molecule has 5 heteroatoms. The summed E-state index contributed by atoms with van der Waals surface area (Å²) in [7, 11) is 4.05. The van der Waals surface area contributed by atoms with E-state index in [-0.39, 0.29) is 5.91 Å². The molecule has 0 saturated heterocycles. The maximum Gasteiger partial charge on any atom is 0.251 e. The highest BCUT2D eigenvalue weighted by Gasteiger charge is 2.08. The molecule has 3 rings (SSSR count). The van der Waals surface area contributed by atoms with Gasteiger partial charge in [0.05, 0.1) is 0 Å². The molecule has 0 fully saturated rings. The molecule has 0 bridgehead atoms. The molecule has 1 aromatic heterocycles. The van der Waals surface area contributed by atoms with Crippen molar-refractivity contribution in [1.29, 1.82) is 0 Å². The fourth-order valence-electron chi connectivity index (χ4n) is 2.91. The Balaban J connectivity index is 1.79. The van der Waals surface area contributed by atoms with E-state index in [1.807, 2.05) is 62.6 Å². The molecule has 0 atom stereocenters. The van der Waals surface area contributed by atoms with Crippen molar-refractivity contribution in [1.82, 2.24) is 15.2 Å². The van der Waals surface area contributed by atoms with Crippen LogP contribution in [0.5, 0.6) is 0 Å². The van der Waals surface area contributed by atoms with E-state index < -0.39 is 0 Å². The molecule has 0 spiro atoms. The summed E-state index contributed by atoms with van der Waals surface area (Å²) < 4.78 is 0. The van der Waals surface area contributed by atoms with Crippen molar-refractivity contribution in [2.45, 2.75) is 6.42 Å². The average molecular weight is 348 g/mol. The van der Waals surface area contributed by atoms with Crippen molar-refractivity contribution >= 4 is 22.5 Å². The van der Waals surface area contributed by atoms with Gasteiger partial charge in [0.25, 0.3) is 5.91 Å². The summed E-state index contributed by atoms with van der Waals surface area (Å²) in [6.45, 7) is 1.62. The lowest BCUT2D eigenvalue weighted by Crippen LogP contribution is -2.27. The number of carbonyl (C=O) groups excluding carboxylic acids is 1. The molecule has 0 unspecified atom stereocenters. The molecule has 5 nitrogen and oxygen atoms in total. The highest BCUT2D eigenvalue weighted by molar-refractivity contribution is 5.97. The summed E-state index contributed by atoms with van der Waals surface area (Å²) in [4.78, 5) is 18.6. The highest BCUT2D eigenvalue weighted by Crippen LogP contribution is 2.27. The average Bonchev–Trinajstić information content (AvgIpc) is 2.65. The van der Waals surface area contributed by atoms with E-state index in [1.165, 1.54) is 0 Å². The normalized spacial score (nSPS) is 11.0. The topological polar surface area (TPSA) is 71.2 Å². The molecular formula is C21H24N4O. The molecule has 1 amide bonds. The minimum Gasteiger partial charge on any atom is -0.383 e. The molecule has 26 heavy (non-hydrogen) atoms. The first-order valence-electron chi connectivity index (χ1n) is 8.72. The molecule has 0 aliphatic rings. The third-order valence-electron chi connectivity index (χ3n) is 4.32. The van der Waals surface area contributed by atoms with Crippen LogP contribution in [0, 0.1) is 0 Å². The molecule has 2 aromatic carbocycles. The summed E-state index contributed by atoms with van der Waals surface area (Å²) in [6, 6.07) is 15.7. The number of nitrogens with two attached hydrogens (primary N) is 1. The summed E-state index contributed by atoms with van der Waals surface area (Å²) in [5.41, 5.74) is 8.65. The number of fused-ring (bicyclic) bond motifs is 1. The van der Waals surface area contributed by atoms with Gasteiger partial charge in [-0.15, -0.1) is 0 Å². The number of pyridine rings is 1. The van der Waals surface area contributed by atoms with Crippen LogP contribution in [-0.4, -0.2) is 43.0 Å². The Morgan fingerprint density at radius 1 is 1.12 bits per heavy atom. The number of rotatable bonds is 6. The van der Waals surface area contributed by atoms with Crippen LogP contribution in [0.15, 0.2) is 54.7 Å².